The van der Waals surface area contributed by atoms with Gasteiger partial charge < -0.3 is 21.3 Å². The Morgan fingerprint density at radius 1 is 1.16 bits per heavy atom. The van der Waals surface area contributed by atoms with Gasteiger partial charge in [-0.3, -0.25) is 28.9 Å². The average Bonchev–Trinajstić information content (AvgIpc) is 2.86. The zero-order valence-electron chi connectivity index (χ0n) is 24.2. The fraction of sp³-hybridized carbons (Fsp3) is 0.633. The summed E-state index contributed by atoms with van der Waals surface area (Å²) in [6.45, 7) is 2.32. The van der Waals surface area contributed by atoms with Crippen molar-refractivity contribution in [1.29, 1.82) is 0 Å². The van der Waals surface area contributed by atoms with Crippen LogP contribution in [0, 0.1) is 29.1 Å². The maximum atomic E-state index is 14.7. The van der Waals surface area contributed by atoms with Gasteiger partial charge in [0.25, 0.3) is 0 Å². The number of nitrogens with one attached hydrogen (secondary N) is 1. The summed E-state index contributed by atoms with van der Waals surface area (Å²) in [5.41, 5.74) is -0.0663. The molecule has 0 bridgehead atoms. The van der Waals surface area contributed by atoms with E-state index in [1.807, 2.05) is 6.92 Å². The Hall–Kier alpha value is -3.16. The largest absolute Gasteiger partial charge is 0.507 e. The van der Waals surface area contributed by atoms with E-state index in [1.54, 1.807) is 0 Å². The molecule has 0 spiro atoms. The Labute approximate surface area is 246 Å². The lowest BCUT2D eigenvalue weighted by molar-refractivity contribution is -0.181. The smallest absolute Gasteiger partial charge is 0.417 e. The van der Waals surface area contributed by atoms with E-state index in [0.29, 0.717) is 6.54 Å². The molecular weight excluding hydrogens is 571 g/mol. The molecule has 4 aliphatic rings. The van der Waals surface area contributed by atoms with Crippen molar-refractivity contribution in [2.24, 2.45) is 34.8 Å². The molecule has 0 aromatic heterocycles. The van der Waals surface area contributed by atoms with Crippen LogP contribution in [0.25, 0.3) is 0 Å². The number of amides is 1. The van der Waals surface area contributed by atoms with Gasteiger partial charge in [0.15, 0.2) is 34.7 Å². The number of halogens is 3. The quantitative estimate of drug-likeness (QED) is 0.336. The summed E-state index contributed by atoms with van der Waals surface area (Å²) in [6, 6.07) is -0.461. The van der Waals surface area contributed by atoms with Gasteiger partial charge in [-0.1, -0.05) is 13.3 Å². The Bertz CT molecular complexity index is 1410. The summed E-state index contributed by atoms with van der Waals surface area (Å²) in [4.78, 5) is 67.5. The lowest BCUT2D eigenvalue weighted by Gasteiger charge is -2.52. The molecule has 234 valence electrons. The van der Waals surface area contributed by atoms with Gasteiger partial charge in [-0.15, -0.1) is 0 Å². The van der Waals surface area contributed by atoms with Crippen molar-refractivity contribution < 1.29 is 47.4 Å². The molecule has 0 aliphatic heterocycles. The molecule has 0 saturated heterocycles. The van der Waals surface area contributed by atoms with Gasteiger partial charge in [-0.05, 0) is 74.7 Å². The molecule has 1 amide bonds. The number of benzene rings is 1. The standard InChI is InChI=1S/C30H36F3N3O7/c1-4-28(6-5-7-28)12-35-11-14-10-17(37)19-15(21(14)30(31,32)33)8-13-9-16-22(36(2)3)24(39)20(27(34)42)26(41)29(16,43)25(40)18(13)23(19)38/h10,13,16,18,20,22,35,37,43H,4-9,11-12H2,1-3H3,(H2,34,42)/t13-,16-,18?,20?,22-,29-/m0/s1. The number of ketones is 4. The maximum Gasteiger partial charge on any atom is 0.417 e. The number of primary amides is 1. The zero-order valence-corrected chi connectivity index (χ0v) is 24.2. The predicted molar refractivity (Wildman–Crippen MR) is 145 cm³/mol. The predicted octanol–water partition coefficient (Wildman–Crippen LogP) is 1.56. The van der Waals surface area contributed by atoms with E-state index in [0.717, 1.165) is 31.7 Å². The van der Waals surface area contributed by atoms with Crippen LogP contribution in [0.3, 0.4) is 0 Å². The summed E-state index contributed by atoms with van der Waals surface area (Å²) in [6.07, 6.45) is -1.83. The van der Waals surface area contributed by atoms with Crippen LogP contribution in [0.4, 0.5) is 13.2 Å². The fourth-order valence-electron chi connectivity index (χ4n) is 8.03. The number of carbonyl (C=O) groups is 5. The minimum Gasteiger partial charge on any atom is -0.507 e. The van der Waals surface area contributed by atoms with Crippen molar-refractivity contribution >= 4 is 29.0 Å². The van der Waals surface area contributed by atoms with Gasteiger partial charge in [0.1, 0.15) is 5.75 Å². The van der Waals surface area contributed by atoms with Crippen molar-refractivity contribution in [3.63, 3.8) is 0 Å². The van der Waals surface area contributed by atoms with E-state index >= 15 is 0 Å². The normalized spacial score (nSPS) is 31.8. The van der Waals surface area contributed by atoms with Crippen molar-refractivity contribution in [3.8, 4) is 5.75 Å². The second kappa shape index (κ2) is 10.5. The van der Waals surface area contributed by atoms with Crippen LogP contribution in [-0.2, 0) is 38.3 Å². The molecule has 13 heteroatoms. The first-order valence-electron chi connectivity index (χ1n) is 14.5. The Kier molecular flexibility index (Phi) is 7.62. The molecule has 10 nitrogen and oxygen atoms in total. The summed E-state index contributed by atoms with van der Waals surface area (Å²) < 4.78 is 44.0. The number of carbonyl (C=O) groups excluding carboxylic acids is 5. The van der Waals surface area contributed by atoms with Gasteiger partial charge >= 0.3 is 6.18 Å². The minimum atomic E-state index is -4.90. The van der Waals surface area contributed by atoms with E-state index < -0.39 is 99.4 Å². The zero-order chi connectivity index (χ0) is 31.8. The number of hydrogen-bond donors (Lipinski definition) is 4. The van der Waals surface area contributed by atoms with Crippen LogP contribution >= 0.6 is 0 Å². The molecule has 2 unspecified atom stereocenters. The monoisotopic (exact) mass is 607 g/mol. The molecule has 0 radical (unpaired) electrons. The molecule has 1 aromatic rings. The second-order valence-corrected chi connectivity index (χ2v) is 12.9. The molecule has 4 aliphatic carbocycles. The van der Waals surface area contributed by atoms with Gasteiger partial charge in [0.2, 0.25) is 5.91 Å². The number of aromatic hydroxyl groups is 1. The third kappa shape index (κ3) is 4.62. The van der Waals surface area contributed by atoms with Crippen LogP contribution in [0.1, 0.15) is 66.1 Å². The summed E-state index contributed by atoms with van der Waals surface area (Å²) in [5, 5.41) is 25.6. The Morgan fingerprint density at radius 2 is 1.81 bits per heavy atom. The molecule has 1 aromatic carbocycles. The molecule has 3 fully saturated rings. The first-order valence-corrected chi connectivity index (χ1v) is 14.5. The number of phenolic OH excluding ortho intramolecular Hbond substituents is 1. The number of likely N-dealkylation sites (N-methyl/N-ethyl adjacent to an activating group) is 1. The van der Waals surface area contributed by atoms with Crippen molar-refractivity contribution in [1.82, 2.24) is 10.2 Å². The summed E-state index contributed by atoms with van der Waals surface area (Å²) in [7, 11) is 2.86. The number of aliphatic hydroxyl groups is 1. The lowest BCUT2D eigenvalue weighted by Crippen LogP contribution is -2.74. The van der Waals surface area contributed by atoms with Gasteiger partial charge in [0, 0.05) is 19.0 Å². The highest BCUT2D eigenvalue weighted by molar-refractivity contribution is 6.32. The van der Waals surface area contributed by atoms with Gasteiger partial charge in [-0.2, -0.15) is 13.2 Å². The van der Waals surface area contributed by atoms with Crippen LogP contribution in [-0.4, -0.2) is 76.4 Å². The first kappa shape index (κ1) is 31.3. The number of Topliss-reactive ketones (excluding diaryl/α,β-unsaturated/α-hetero) is 4. The average molecular weight is 608 g/mol. The summed E-state index contributed by atoms with van der Waals surface area (Å²) >= 11 is 0. The van der Waals surface area contributed by atoms with E-state index in [9.17, 15) is 47.4 Å². The number of rotatable bonds is 7. The highest BCUT2D eigenvalue weighted by atomic mass is 19.4. The van der Waals surface area contributed by atoms with Crippen molar-refractivity contribution in [3.05, 3.63) is 28.3 Å². The Balaban J connectivity index is 1.58. The number of alkyl halides is 3. The van der Waals surface area contributed by atoms with Crippen molar-refractivity contribution in [2.45, 2.75) is 69.8 Å². The fourth-order valence-corrected chi connectivity index (χ4v) is 8.03. The van der Waals surface area contributed by atoms with E-state index in [4.69, 9.17) is 5.73 Å². The maximum absolute atomic E-state index is 14.7. The molecular formula is C30H36F3N3O7. The minimum absolute atomic E-state index is 0.0163. The lowest BCUT2D eigenvalue weighted by atomic mass is 9.52. The molecule has 5 rings (SSSR count). The molecule has 0 heterocycles. The molecule has 6 atom stereocenters. The molecule has 5 N–H and O–H groups in total. The second-order valence-electron chi connectivity index (χ2n) is 12.9. The SMILES string of the molecule is CCC1(CNCc2cc(O)c3c(c2C(F)(F)F)C[C@H]2C[C@H]4[C@H](N(C)C)C(=O)C(C(N)=O)C(=O)[C@@]4(O)C(=O)C2C3=O)CCC1. The highest BCUT2D eigenvalue weighted by Gasteiger charge is 2.69. The van der Waals surface area contributed by atoms with E-state index in [1.165, 1.54) is 19.0 Å². The number of nitrogens with zero attached hydrogens (tertiary/aromatic N) is 1. The first-order chi connectivity index (χ1) is 20.0. The van der Waals surface area contributed by atoms with Crippen LogP contribution in [0.15, 0.2) is 6.07 Å². The van der Waals surface area contributed by atoms with Crippen LogP contribution in [0.5, 0.6) is 5.75 Å². The molecule has 43 heavy (non-hydrogen) atoms. The highest BCUT2D eigenvalue weighted by Crippen LogP contribution is 2.53. The number of fused-ring (bicyclic) bond motifs is 3. The van der Waals surface area contributed by atoms with Gasteiger partial charge in [-0.25, -0.2) is 0 Å². The topological polar surface area (TPSA) is 167 Å². The number of phenols is 1. The van der Waals surface area contributed by atoms with E-state index in [2.05, 4.69) is 5.32 Å². The van der Waals surface area contributed by atoms with Gasteiger partial charge in [0.05, 0.1) is 23.1 Å². The van der Waals surface area contributed by atoms with Crippen LogP contribution < -0.4 is 11.1 Å². The number of nitrogens with two attached hydrogens (primary N) is 1. The number of hydrogen-bond acceptors (Lipinski definition) is 9. The summed E-state index contributed by atoms with van der Waals surface area (Å²) in [5.74, 6) is -13.3. The Morgan fingerprint density at radius 3 is 2.33 bits per heavy atom. The van der Waals surface area contributed by atoms with E-state index in [-0.39, 0.29) is 23.9 Å². The molecule has 3 saturated carbocycles. The van der Waals surface area contributed by atoms with Crippen LogP contribution in [0.2, 0.25) is 0 Å². The third-order valence-corrected chi connectivity index (χ3v) is 10.4. The van der Waals surface area contributed by atoms with Crippen molar-refractivity contribution in [2.75, 3.05) is 20.6 Å². The third-order valence-electron chi connectivity index (χ3n) is 10.4.